The molecule has 8 heteroatoms. The zero-order valence-electron chi connectivity index (χ0n) is 15.9. The van der Waals surface area contributed by atoms with Gasteiger partial charge >= 0.3 is 11.9 Å². The zero-order valence-corrected chi connectivity index (χ0v) is 15.9. The first-order valence-corrected chi connectivity index (χ1v) is 9.04. The summed E-state index contributed by atoms with van der Waals surface area (Å²) in [5.41, 5.74) is 6.87. The van der Waals surface area contributed by atoms with Gasteiger partial charge in [0.15, 0.2) is 0 Å². The minimum Gasteiger partial charge on any atom is -0.390 e. The second-order valence-electron chi connectivity index (χ2n) is 6.61. The van der Waals surface area contributed by atoms with Crippen molar-refractivity contribution in [1.29, 1.82) is 0 Å². The van der Waals surface area contributed by atoms with E-state index in [1.54, 1.807) is 0 Å². The van der Waals surface area contributed by atoms with Crippen LogP contribution in [0.4, 0.5) is 8.78 Å². The number of nitrogens with two attached hydrogens (primary N) is 1. The third-order valence-electron chi connectivity index (χ3n) is 4.11. The molecule has 0 aliphatic carbocycles. The first-order chi connectivity index (χ1) is 13.7. The predicted octanol–water partition coefficient (Wildman–Crippen LogP) is 2.04. The number of amides is 1. The summed E-state index contributed by atoms with van der Waals surface area (Å²) in [6, 6.07) is 9.99. The Balaban J connectivity index is 1.79. The molecule has 0 aromatic heterocycles. The number of carbonyl (C=O) groups is 3. The second kappa shape index (κ2) is 10.4. The highest BCUT2D eigenvalue weighted by atomic mass is 19.1. The summed E-state index contributed by atoms with van der Waals surface area (Å²) in [5, 5.41) is 2.32. The summed E-state index contributed by atoms with van der Waals surface area (Å²) < 4.78 is 31.0. The van der Waals surface area contributed by atoms with Gasteiger partial charge < -0.3 is 15.8 Å². The van der Waals surface area contributed by atoms with Crippen LogP contribution in [0.25, 0.3) is 0 Å². The van der Waals surface area contributed by atoms with Gasteiger partial charge in [0.05, 0.1) is 6.42 Å². The number of carbonyl (C=O) groups excluding carboxylic acids is 3. The largest absolute Gasteiger partial charge is 0.390 e. The molecule has 0 spiro atoms. The molecular weight excluding hydrogens is 382 g/mol. The molecule has 3 N–H and O–H groups in total. The molecule has 1 amide bonds. The Hall–Kier alpha value is -3.13. The standard InChI is InChI=1S/C21H22F2N2O4/c1-13(25-19(26)11-15-9-16(22)12-17(23)10-15)20(27)29-21(28)18(24)8-7-14-5-3-2-4-6-14/h2-6,9-10,12-13,18H,7-8,11,24H2,1H3,(H,25,26)/t13-,18-/m0/s1. The molecule has 2 rings (SSSR count). The molecule has 0 bridgehead atoms. The number of ether oxygens (including phenoxy) is 1. The van der Waals surface area contributed by atoms with Gasteiger partial charge in [-0.2, -0.15) is 0 Å². The molecule has 6 nitrogen and oxygen atoms in total. The molecule has 0 aliphatic heterocycles. The molecule has 0 unspecified atom stereocenters. The molecule has 0 heterocycles. The maximum atomic E-state index is 13.2. The van der Waals surface area contributed by atoms with Gasteiger partial charge in [-0.1, -0.05) is 30.3 Å². The molecule has 0 radical (unpaired) electrons. The fourth-order valence-electron chi connectivity index (χ4n) is 2.60. The highest BCUT2D eigenvalue weighted by Gasteiger charge is 2.24. The van der Waals surface area contributed by atoms with E-state index in [1.165, 1.54) is 6.92 Å². The van der Waals surface area contributed by atoms with Crippen molar-refractivity contribution in [3.63, 3.8) is 0 Å². The summed E-state index contributed by atoms with van der Waals surface area (Å²) >= 11 is 0. The molecule has 2 aromatic carbocycles. The number of benzene rings is 2. The summed E-state index contributed by atoms with van der Waals surface area (Å²) in [4.78, 5) is 35.9. The van der Waals surface area contributed by atoms with E-state index in [0.717, 1.165) is 17.7 Å². The van der Waals surface area contributed by atoms with Crippen LogP contribution in [0.5, 0.6) is 0 Å². The number of esters is 2. The minimum absolute atomic E-state index is 0.111. The van der Waals surface area contributed by atoms with Crippen molar-refractivity contribution in [2.24, 2.45) is 5.73 Å². The molecule has 2 aromatic rings. The lowest BCUT2D eigenvalue weighted by molar-refractivity contribution is -0.162. The molecule has 0 fully saturated rings. The van der Waals surface area contributed by atoms with Crippen molar-refractivity contribution in [2.75, 3.05) is 0 Å². The summed E-state index contributed by atoms with van der Waals surface area (Å²) in [5.74, 6) is -4.13. The van der Waals surface area contributed by atoms with Gasteiger partial charge in [-0.3, -0.25) is 4.79 Å². The normalized spacial score (nSPS) is 12.7. The lowest BCUT2D eigenvalue weighted by atomic mass is 10.1. The average molecular weight is 404 g/mol. The summed E-state index contributed by atoms with van der Waals surface area (Å²) in [6.07, 6.45) is 0.501. The van der Waals surface area contributed by atoms with Crippen LogP contribution >= 0.6 is 0 Å². The predicted molar refractivity (Wildman–Crippen MR) is 102 cm³/mol. The van der Waals surface area contributed by atoms with E-state index in [-0.39, 0.29) is 12.0 Å². The number of hydrogen-bond acceptors (Lipinski definition) is 5. The van der Waals surface area contributed by atoms with Crippen LogP contribution in [0.1, 0.15) is 24.5 Å². The Kier molecular flexibility index (Phi) is 7.97. The molecule has 2 atom stereocenters. The number of aryl methyl sites for hydroxylation is 1. The van der Waals surface area contributed by atoms with Crippen LogP contribution in [0.2, 0.25) is 0 Å². The van der Waals surface area contributed by atoms with Gasteiger partial charge in [-0.15, -0.1) is 0 Å². The fraction of sp³-hybridized carbons (Fsp3) is 0.286. The van der Waals surface area contributed by atoms with Crippen LogP contribution in [-0.2, 0) is 32.0 Å². The van der Waals surface area contributed by atoms with Gasteiger partial charge in [0.25, 0.3) is 0 Å². The second-order valence-corrected chi connectivity index (χ2v) is 6.61. The summed E-state index contributed by atoms with van der Waals surface area (Å²) in [6.45, 7) is 1.33. The number of halogens is 2. The Morgan fingerprint density at radius 3 is 2.24 bits per heavy atom. The maximum Gasteiger partial charge on any atom is 0.336 e. The quantitative estimate of drug-likeness (QED) is 0.518. The monoisotopic (exact) mass is 404 g/mol. The van der Waals surface area contributed by atoms with Crippen molar-refractivity contribution in [3.8, 4) is 0 Å². The van der Waals surface area contributed by atoms with E-state index in [2.05, 4.69) is 5.32 Å². The first-order valence-electron chi connectivity index (χ1n) is 9.04. The van der Waals surface area contributed by atoms with E-state index < -0.39 is 41.6 Å². The van der Waals surface area contributed by atoms with Crippen LogP contribution < -0.4 is 11.1 Å². The number of hydrogen-bond donors (Lipinski definition) is 2. The Labute approximate surface area is 167 Å². The van der Waals surface area contributed by atoms with Gasteiger partial charge in [0, 0.05) is 6.07 Å². The maximum absolute atomic E-state index is 13.2. The van der Waals surface area contributed by atoms with Gasteiger partial charge in [0.1, 0.15) is 23.7 Å². The van der Waals surface area contributed by atoms with E-state index in [1.807, 2.05) is 30.3 Å². The van der Waals surface area contributed by atoms with Crippen molar-refractivity contribution in [1.82, 2.24) is 5.32 Å². The van der Waals surface area contributed by atoms with Crippen molar-refractivity contribution >= 4 is 17.8 Å². The Bertz CT molecular complexity index is 854. The highest BCUT2D eigenvalue weighted by molar-refractivity contribution is 5.92. The first kappa shape index (κ1) is 22.2. The zero-order chi connectivity index (χ0) is 21.4. The van der Waals surface area contributed by atoms with Crippen molar-refractivity contribution in [3.05, 3.63) is 71.3 Å². The minimum atomic E-state index is -1.13. The molecule has 0 saturated heterocycles. The van der Waals surface area contributed by atoms with Gasteiger partial charge in [-0.25, -0.2) is 18.4 Å². The highest BCUT2D eigenvalue weighted by Crippen LogP contribution is 2.09. The summed E-state index contributed by atoms with van der Waals surface area (Å²) in [7, 11) is 0. The van der Waals surface area contributed by atoms with Crippen LogP contribution in [0.3, 0.4) is 0 Å². The molecule has 29 heavy (non-hydrogen) atoms. The topological polar surface area (TPSA) is 98.5 Å². The molecule has 0 saturated carbocycles. The van der Waals surface area contributed by atoms with Crippen LogP contribution in [0, 0.1) is 11.6 Å². The smallest absolute Gasteiger partial charge is 0.336 e. The molecule has 154 valence electrons. The Morgan fingerprint density at radius 2 is 1.62 bits per heavy atom. The molecular formula is C21H22F2N2O4. The van der Waals surface area contributed by atoms with Crippen LogP contribution in [-0.4, -0.2) is 29.9 Å². The lowest BCUT2D eigenvalue weighted by Gasteiger charge is -2.15. The average Bonchev–Trinajstić information content (AvgIpc) is 2.65. The third-order valence-corrected chi connectivity index (χ3v) is 4.11. The van der Waals surface area contributed by atoms with Crippen LogP contribution in [0.15, 0.2) is 48.5 Å². The fourth-order valence-corrected chi connectivity index (χ4v) is 2.60. The third kappa shape index (κ3) is 7.42. The Morgan fingerprint density at radius 1 is 1.00 bits per heavy atom. The number of rotatable bonds is 8. The molecule has 0 aliphatic rings. The van der Waals surface area contributed by atoms with Gasteiger partial charge in [0.2, 0.25) is 5.91 Å². The number of nitrogens with one attached hydrogen (secondary N) is 1. The lowest BCUT2D eigenvalue weighted by Crippen LogP contribution is -2.43. The van der Waals surface area contributed by atoms with Gasteiger partial charge in [-0.05, 0) is 43.0 Å². The van der Waals surface area contributed by atoms with E-state index >= 15 is 0 Å². The van der Waals surface area contributed by atoms with E-state index in [4.69, 9.17) is 10.5 Å². The SMILES string of the molecule is C[C@H](NC(=O)Cc1cc(F)cc(F)c1)C(=O)OC(=O)[C@@H](N)CCc1ccccc1. The van der Waals surface area contributed by atoms with Crippen molar-refractivity contribution < 1.29 is 27.9 Å². The van der Waals surface area contributed by atoms with E-state index in [0.29, 0.717) is 18.9 Å². The van der Waals surface area contributed by atoms with Crippen molar-refractivity contribution in [2.45, 2.75) is 38.3 Å². The van der Waals surface area contributed by atoms with E-state index in [9.17, 15) is 23.2 Å².